The van der Waals surface area contributed by atoms with Gasteiger partial charge in [-0.15, -0.1) is 0 Å². The Morgan fingerprint density at radius 3 is 2.89 bits per heavy atom. The molecule has 2 saturated heterocycles. The maximum absolute atomic E-state index is 12.3. The number of hydrogen-bond acceptors (Lipinski definition) is 4. The normalized spacial score (nSPS) is 24.8. The van der Waals surface area contributed by atoms with Crippen LogP contribution in [0.25, 0.3) is 0 Å². The molecule has 2 fully saturated rings. The Morgan fingerprint density at radius 1 is 1.15 bits per heavy atom. The number of carbonyl (C=O) groups excluding carboxylic acids is 2. The first kappa shape index (κ1) is 18.3. The highest BCUT2D eigenvalue weighted by atomic mass is 16.5. The maximum Gasteiger partial charge on any atom is 0.318 e. The summed E-state index contributed by atoms with van der Waals surface area (Å²) in [4.78, 5) is 28.6. The monoisotopic (exact) mass is 372 g/mol. The van der Waals surface area contributed by atoms with Gasteiger partial charge in [-0.2, -0.15) is 0 Å². The fraction of sp³-hybridized carbons (Fsp3) is 0.600. The number of morpholine rings is 1. The van der Waals surface area contributed by atoms with Gasteiger partial charge in [0.2, 0.25) is 5.91 Å². The van der Waals surface area contributed by atoms with Gasteiger partial charge in [0.1, 0.15) is 0 Å². The molecule has 7 nitrogen and oxygen atoms in total. The van der Waals surface area contributed by atoms with E-state index >= 15 is 0 Å². The molecule has 2 unspecified atom stereocenters. The van der Waals surface area contributed by atoms with E-state index in [-0.39, 0.29) is 24.6 Å². The standard InChI is InChI=1S/C20H28N4O3/c25-19(21-10-18-13-23-8-3-6-17(23)14-27-18)11-22-20(26)24-9-7-15-4-1-2-5-16(15)12-24/h1-2,4-5,17-18H,3,6-14H2,(H,21,25)(H,22,26). The number of benzene rings is 1. The predicted octanol–water partition coefficient (Wildman–Crippen LogP) is 0.734. The van der Waals surface area contributed by atoms with E-state index in [2.05, 4.69) is 27.7 Å². The number of nitrogens with zero attached hydrogens (tertiary/aromatic N) is 2. The highest BCUT2D eigenvalue weighted by molar-refractivity contribution is 5.84. The molecule has 0 bridgehead atoms. The van der Waals surface area contributed by atoms with Crippen molar-refractivity contribution in [1.29, 1.82) is 0 Å². The van der Waals surface area contributed by atoms with Crippen molar-refractivity contribution in [2.45, 2.75) is 38.0 Å². The third kappa shape index (κ3) is 4.42. The second-order valence-electron chi connectivity index (χ2n) is 7.65. The number of nitrogens with one attached hydrogen (secondary N) is 2. The lowest BCUT2D eigenvalue weighted by Gasteiger charge is -2.35. The zero-order valence-electron chi connectivity index (χ0n) is 15.7. The minimum Gasteiger partial charge on any atom is -0.373 e. The number of carbonyl (C=O) groups is 2. The number of rotatable bonds is 4. The maximum atomic E-state index is 12.3. The fourth-order valence-corrected chi connectivity index (χ4v) is 4.24. The first-order chi connectivity index (χ1) is 13.2. The van der Waals surface area contributed by atoms with E-state index in [0.29, 0.717) is 25.7 Å². The van der Waals surface area contributed by atoms with Gasteiger partial charge in [-0.25, -0.2) is 4.79 Å². The molecule has 0 saturated carbocycles. The Hall–Kier alpha value is -2.12. The molecule has 2 N–H and O–H groups in total. The molecule has 7 heteroatoms. The van der Waals surface area contributed by atoms with Crippen LogP contribution in [0.3, 0.4) is 0 Å². The first-order valence-corrected chi connectivity index (χ1v) is 9.91. The van der Waals surface area contributed by atoms with Gasteiger partial charge in [-0.05, 0) is 36.9 Å². The summed E-state index contributed by atoms with van der Waals surface area (Å²) < 4.78 is 5.84. The molecule has 1 aromatic rings. The zero-order chi connectivity index (χ0) is 18.6. The largest absolute Gasteiger partial charge is 0.373 e. The van der Waals surface area contributed by atoms with E-state index in [9.17, 15) is 9.59 Å². The molecule has 2 atom stereocenters. The summed E-state index contributed by atoms with van der Waals surface area (Å²) in [5, 5.41) is 5.61. The van der Waals surface area contributed by atoms with Gasteiger partial charge in [0.25, 0.3) is 0 Å². The van der Waals surface area contributed by atoms with Gasteiger partial charge in [-0.1, -0.05) is 24.3 Å². The summed E-state index contributed by atoms with van der Waals surface area (Å²) in [6, 6.07) is 8.55. The van der Waals surface area contributed by atoms with E-state index in [1.807, 2.05) is 12.1 Å². The fourth-order valence-electron chi connectivity index (χ4n) is 4.24. The quantitative estimate of drug-likeness (QED) is 0.817. The molecular formula is C20H28N4O3. The van der Waals surface area contributed by atoms with E-state index in [0.717, 1.165) is 26.1 Å². The molecule has 27 heavy (non-hydrogen) atoms. The molecule has 4 rings (SSSR count). The zero-order valence-corrected chi connectivity index (χ0v) is 15.7. The van der Waals surface area contributed by atoms with Crippen LogP contribution in [0.1, 0.15) is 24.0 Å². The minimum absolute atomic E-state index is 0.00393. The molecule has 0 aromatic heterocycles. The van der Waals surface area contributed by atoms with Gasteiger partial charge in [0, 0.05) is 32.2 Å². The summed E-state index contributed by atoms with van der Waals surface area (Å²) in [5.41, 5.74) is 2.48. The molecule has 0 spiro atoms. The third-order valence-corrected chi connectivity index (χ3v) is 5.81. The van der Waals surface area contributed by atoms with E-state index in [4.69, 9.17) is 4.74 Å². The highest BCUT2D eigenvalue weighted by Crippen LogP contribution is 2.22. The van der Waals surface area contributed by atoms with Crippen LogP contribution >= 0.6 is 0 Å². The molecule has 146 valence electrons. The summed E-state index contributed by atoms with van der Waals surface area (Å²) in [6.07, 6.45) is 3.34. The topological polar surface area (TPSA) is 73.9 Å². The number of ether oxygens (including phenoxy) is 1. The molecular weight excluding hydrogens is 344 g/mol. The number of urea groups is 1. The Labute approximate surface area is 160 Å². The molecule has 3 amide bonds. The lowest BCUT2D eigenvalue weighted by atomic mass is 10.0. The Kier molecular flexibility index (Phi) is 5.59. The highest BCUT2D eigenvalue weighted by Gasteiger charge is 2.32. The van der Waals surface area contributed by atoms with E-state index in [1.54, 1.807) is 4.90 Å². The van der Waals surface area contributed by atoms with Gasteiger partial charge < -0.3 is 20.3 Å². The van der Waals surface area contributed by atoms with Crippen LogP contribution < -0.4 is 10.6 Å². The number of hydrogen-bond donors (Lipinski definition) is 2. The van der Waals surface area contributed by atoms with Crippen LogP contribution in [0.2, 0.25) is 0 Å². The summed E-state index contributed by atoms with van der Waals surface area (Å²) in [6.45, 7) is 4.53. The van der Waals surface area contributed by atoms with Gasteiger partial charge in [0.15, 0.2) is 0 Å². The Balaban J connectivity index is 1.17. The van der Waals surface area contributed by atoms with Crippen LogP contribution in [0.15, 0.2) is 24.3 Å². The third-order valence-electron chi connectivity index (χ3n) is 5.81. The number of amides is 3. The molecule has 0 radical (unpaired) electrons. The van der Waals surface area contributed by atoms with Crippen molar-refractivity contribution in [1.82, 2.24) is 20.4 Å². The van der Waals surface area contributed by atoms with Crippen LogP contribution in [-0.2, 0) is 22.5 Å². The van der Waals surface area contributed by atoms with Gasteiger partial charge in [-0.3, -0.25) is 9.69 Å². The van der Waals surface area contributed by atoms with E-state index < -0.39 is 0 Å². The summed E-state index contributed by atoms with van der Waals surface area (Å²) >= 11 is 0. The van der Waals surface area contributed by atoms with Crippen LogP contribution in [0.4, 0.5) is 4.79 Å². The minimum atomic E-state index is -0.187. The van der Waals surface area contributed by atoms with Crippen LogP contribution in [0.5, 0.6) is 0 Å². The first-order valence-electron chi connectivity index (χ1n) is 9.91. The smallest absolute Gasteiger partial charge is 0.318 e. The molecule has 1 aromatic carbocycles. The molecule has 3 aliphatic rings. The second kappa shape index (κ2) is 8.27. The Bertz CT molecular complexity index is 696. The average Bonchev–Trinajstić information content (AvgIpc) is 3.18. The van der Waals surface area contributed by atoms with Gasteiger partial charge >= 0.3 is 6.03 Å². The van der Waals surface area contributed by atoms with Crippen LogP contribution in [0, 0.1) is 0 Å². The van der Waals surface area contributed by atoms with Crippen molar-refractivity contribution >= 4 is 11.9 Å². The SMILES string of the molecule is O=C(CNC(=O)N1CCc2ccccc2C1)NCC1CN2CCCC2CO1. The molecule has 3 heterocycles. The van der Waals surface area contributed by atoms with Crippen molar-refractivity contribution < 1.29 is 14.3 Å². The summed E-state index contributed by atoms with van der Waals surface area (Å²) in [7, 11) is 0. The summed E-state index contributed by atoms with van der Waals surface area (Å²) in [5.74, 6) is -0.173. The number of fused-ring (bicyclic) bond motifs is 2. The van der Waals surface area contributed by atoms with Crippen molar-refractivity contribution in [2.75, 3.05) is 39.3 Å². The van der Waals surface area contributed by atoms with Crippen LogP contribution in [-0.4, -0.2) is 73.2 Å². The van der Waals surface area contributed by atoms with E-state index in [1.165, 1.54) is 24.0 Å². The van der Waals surface area contributed by atoms with Crippen molar-refractivity contribution in [2.24, 2.45) is 0 Å². The average molecular weight is 372 g/mol. The lowest BCUT2D eigenvalue weighted by molar-refractivity contribution is -0.121. The predicted molar refractivity (Wildman–Crippen MR) is 101 cm³/mol. The second-order valence-corrected chi connectivity index (χ2v) is 7.65. The Morgan fingerprint density at radius 2 is 2.00 bits per heavy atom. The molecule has 3 aliphatic heterocycles. The van der Waals surface area contributed by atoms with Crippen molar-refractivity contribution in [3.63, 3.8) is 0 Å². The van der Waals surface area contributed by atoms with Gasteiger partial charge in [0.05, 0.1) is 19.3 Å². The lowest BCUT2D eigenvalue weighted by Crippen LogP contribution is -2.51. The van der Waals surface area contributed by atoms with Crippen molar-refractivity contribution in [3.8, 4) is 0 Å². The molecule has 0 aliphatic carbocycles. The van der Waals surface area contributed by atoms with Crippen molar-refractivity contribution in [3.05, 3.63) is 35.4 Å².